The molecule has 0 spiro atoms. The van der Waals surface area contributed by atoms with Gasteiger partial charge in [0.15, 0.2) is 0 Å². The third-order valence-corrected chi connectivity index (χ3v) is 10.9. The van der Waals surface area contributed by atoms with Crippen molar-refractivity contribution in [3.8, 4) is 0 Å². The van der Waals surface area contributed by atoms with Gasteiger partial charge in [0.05, 0.1) is 6.10 Å². The van der Waals surface area contributed by atoms with E-state index in [9.17, 15) is 0 Å². The fraction of sp³-hybridized carbons (Fsp3) is 0.931. The Morgan fingerprint density at radius 3 is 2.39 bits per heavy atom. The summed E-state index contributed by atoms with van der Waals surface area (Å²) in [7, 11) is 3.74. The number of methoxy groups -OCH3 is 2. The van der Waals surface area contributed by atoms with Crippen LogP contribution in [-0.2, 0) is 9.47 Å². The Balaban J connectivity index is 1.52. The number of hydrogen-bond donors (Lipinski definition) is 0. The van der Waals surface area contributed by atoms with Crippen LogP contribution in [0.5, 0.6) is 0 Å². The van der Waals surface area contributed by atoms with Gasteiger partial charge in [-0.3, -0.25) is 0 Å². The van der Waals surface area contributed by atoms with Crippen molar-refractivity contribution < 1.29 is 9.47 Å². The summed E-state index contributed by atoms with van der Waals surface area (Å²) < 4.78 is 11.9. The van der Waals surface area contributed by atoms with Crippen molar-refractivity contribution in [3.05, 3.63) is 11.6 Å². The second-order valence-electron chi connectivity index (χ2n) is 12.7. The van der Waals surface area contributed by atoms with E-state index in [0.717, 1.165) is 41.9 Å². The highest BCUT2D eigenvalue weighted by molar-refractivity contribution is 5.29. The molecular weight excluding hydrogens is 380 g/mol. The van der Waals surface area contributed by atoms with Crippen LogP contribution in [0.4, 0.5) is 0 Å². The number of allylic oxidation sites excluding steroid dienone is 1. The van der Waals surface area contributed by atoms with E-state index in [2.05, 4.69) is 40.7 Å². The van der Waals surface area contributed by atoms with E-state index < -0.39 is 0 Å². The Hall–Kier alpha value is -0.340. The summed E-state index contributed by atoms with van der Waals surface area (Å²) in [5.41, 5.74) is 2.47. The van der Waals surface area contributed by atoms with E-state index >= 15 is 0 Å². The Morgan fingerprint density at radius 1 is 0.935 bits per heavy atom. The minimum absolute atomic E-state index is 0.162. The highest BCUT2D eigenvalue weighted by atomic mass is 16.5. The van der Waals surface area contributed by atoms with Gasteiger partial charge < -0.3 is 9.47 Å². The topological polar surface area (TPSA) is 18.5 Å². The Labute approximate surface area is 192 Å². The summed E-state index contributed by atoms with van der Waals surface area (Å²) in [5.74, 6) is 5.35. The molecule has 9 atom stereocenters. The lowest BCUT2D eigenvalue weighted by Gasteiger charge is -2.59. The molecule has 0 radical (unpaired) electrons. The van der Waals surface area contributed by atoms with Crippen molar-refractivity contribution in [3.63, 3.8) is 0 Å². The van der Waals surface area contributed by atoms with Crippen LogP contribution in [0.2, 0.25) is 0 Å². The molecule has 4 aliphatic rings. The van der Waals surface area contributed by atoms with Gasteiger partial charge in [0.25, 0.3) is 0 Å². The van der Waals surface area contributed by atoms with Gasteiger partial charge in [-0.15, -0.1) is 0 Å². The average Bonchev–Trinajstić information content (AvgIpc) is 3.09. The molecule has 0 aromatic carbocycles. The van der Waals surface area contributed by atoms with Crippen LogP contribution in [0.3, 0.4) is 0 Å². The Bertz CT molecular complexity index is 653. The Kier molecular flexibility index (Phi) is 7.01. The molecule has 3 saturated carbocycles. The van der Waals surface area contributed by atoms with E-state index in [4.69, 9.17) is 9.47 Å². The molecular formula is C29H50O2. The van der Waals surface area contributed by atoms with E-state index in [-0.39, 0.29) is 12.2 Å². The van der Waals surface area contributed by atoms with Crippen molar-refractivity contribution in [2.75, 3.05) is 14.2 Å². The molecule has 0 aliphatic heterocycles. The second-order valence-corrected chi connectivity index (χ2v) is 12.7. The number of fused-ring (bicyclic) bond motifs is 5. The smallest absolute Gasteiger partial charge is 0.105 e. The number of hydrogen-bond acceptors (Lipinski definition) is 2. The molecule has 0 aromatic heterocycles. The van der Waals surface area contributed by atoms with Gasteiger partial charge in [-0.1, -0.05) is 60.0 Å². The summed E-state index contributed by atoms with van der Waals surface area (Å²) in [4.78, 5) is 0. The first-order valence-electron chi connectivity index (χ1n) is 13.5. The summed E-state index contributed by atoms with van der Waals surface area (Å²) in [6, 6.07) is 0. The molecule has 0 saturated heterocycles. The van der Waals surface area contributed by atoms with E-state index in [0.29, 0.717) is 10.8 Å². The van der Waals surface area contributed by atoms with E-state index in [1.807, 2.05) is 14.2 Å². The van der Waals surface area contributed by atoms with Crippen LogP contribution in [-0.4, -0.2) is 26.4 Å². The molecule has 31 heavy (non-hydrogen) atoms. The minimum Gasteiger partial charge on any atom is -0.378 e. The third-order valence-electron chi connectivity index (χ3n) is 10.9. The monoisotopic (exact) mass is 430 g/mol. The Morgan fingerprint density at radius 2 is 1.71 bits per heavy atom. The van der Waals surface area contributed by atoms with Gasteiger partial charge in [0.1, 0.15) is 6.10 Å². The normalized spacial score (nSPS) is 45.6. The van der Waals surface area contributed by atoms with Crippen molar-refractivity contribution in [1.29, 1.82) is 0 Å². The first-order chi connectivity index (χ1) is 14.8. The van der Waals surface area contributed by atoms with Gasteiger partial charge in [-0.25, -0.2) is 0 Å². The van der Waals surface area contributed by atoms with Crippen molar-refractivity contribution in [2.24, 2.45) is 46.3 Å². The van der Waals surface area contributed by atoms with E-state index in [1.165, 1.54) is 57.8 Å². The molecule has 0 bridgehead atoms. The SMILES string of the molecule is CO[C@H]1CC[C@@]2(C)C(=CC[C@H]3[C@@H]4CC[C@H]([C@H](C)CCCC(C)C)[C@@]4(C)CC[C@@H]32)[C@H]1OC. The molecule has 0 unspecified atom stereocenters. The second kappa shape index (κ2) is 9.13. The zero-order chi connectivity index (χ0) is 22.4. The van der Waals surface area contributed by atoms with Crippen LogP contribution >= 0.6 is 0 Å². The maximum absolute atomic E-state index is 6.02. The average molecular weight is 431 g/mol. The lowest BCUT2D eigenvalue weighted by atomic mass is 9.46. The standard InChI is InChI=1S/C29H50O2/c1-19(2)9-8-10-20(3)22-13-14-23-21-11-12-25-27(31-7)26(30-6)16-18-29(25,5)24(21)15-17-28(22,23)4/h12,19-24,26-27H,8-11,13-18H2,1-7H3/t20-,21+,22-,23+,24+,26+,27-,28-,29-/m1/s1. The van der Waals surface area contributed by atoms with Gasteiger partial charge in [-0.05, 0) is 96.9 Å². The van der Waals surface area contributed by atoms with Crippen molar-refractivity contribution >= 4 is 0 Å². The molecule has 0 heterocycles. The van der Waals surface area contributed by atoms with Gasteiger partial charge >= 0.3 is 0 Å². The molecule has 0 N–H and O–H groups in total. The first-order valence-corrected chi connectivity index (χ1v) is 13.5. The first kappa shape index (κ1) is 23.8. The van der Waals surface area contributed by atoms with Gasteiger partial charge in [0, 0.05) is 14.2 Å². The van der Waals surface area contributed by atoms with Crippen molar-refractivity contribution in [1.82, 2.24) is 0 Å². The highest BCUT2D eigenvalue weighted by Gasteiger charge is 2.60. The predicted molar refractivity (Wildman–Crippen MR) is 130 cm³/mol. The van der Waals surface area contributed by atoms with Crippen LogP contribution in [0.25, 0.3) is 0 Å². The van der Waals surface area contributed by atoms with Gasteiger partial charge in [0.2, 0.25) is 0 Å². The molecule has 0 amide bonds. The van der Waals surface area contributed by atoms with E-state index in [1.54, 1.807) is 5.57 Å². The summed E-state index contributed by atoms with van der Waals surface area (Å²) >= 11 is 0. The fourth-order valence-electron chi connectivity index (χ4n) is 9.23. The van der Waals surface area contributed by atoms with Crippen LogP contribution < -0.4 is 0 Å². The maximum atomic E-state index is 6.02. The number of ether oxygens (including phenoxy) is 2. The molecule has 2 heteroatoms. The minimum atomic E-state index is 0.162. The zero-order valence-corrected chi connectivity index (χ0v) is 21.6. The summed E-state index contributed by atoms with van der Waals surface area (Å²) in [5, 5.41) is 0. The number of rotatable bonds is 7. The van der Waals surface area contributed by atoms with Gasteiger partial charge in [-0.2, -0.15) is 0 Å². The zero-order valence-electron chi connectivity index (χ0n) is 21.6. The molecule has 4 aliphatic carbocycles. The molecule has 4 rings (SSSR count). The lowest BCUT2D eigenvalue weighted by molar-refractivity contribution is -0.0965. The molecule has 178 valence electrons. The fourth-order valence-corrected chi connectivity index (χ4v) is 9.23. The summed E-state index contributed by atoms with van der Waals surface area (Å²) in [6.07, 6.45) is 16.8. The third kappa shape index (κ3) is 3.96. The molecule has 2 nitrogen and oxygen atoms in total. The van der Waals surface area contributed by atoms with Crippen molar-refractivity contribution in [2.45, 2.75) is 111 Å². The largest absolute Gasteiger partial charge is 0.378 e. The maximum Gasteiger partial charge on any atom is 0.105 e. The predicted octanol–water partition coefficient (Wildman–Crippen LogP) is 7.67. The highest BCUT2D eigenvalue weighted by Crippen LogP contribution is 2.67. The molecule has 0 aromatic rings. The van der Waals surface area contributed by atoms with Crippen LogP contribution in [0, 0.1) is 46.3 Å². The quantitative estimate of drug-likeness (QED) is 0.386. The van der Waals surface area contributed by atoms with Crippen LogP contribution in [0.1, 0.15) is 98.8 Å². The molecule has 3 fully saturated rings. The lowest BCUT2D eigenvalue weighted by Crippen LogP contribution is -2.54. The summed E-state index contributed by atoms with van der Waals surface area (Å²) in [6.45, 7) is 12.6. The van der Waals surface area contributed by atoms with Crippen LogP contribution in [0.15, 0.2) is 11.6 Å².